The molecule has 5 rings (SSSR count). The van der Waals surface area contributed by atoms with Crippen LogP contribution in [0, 0.1) is 0 Å². The molecule has 2 aliphatic rings. The molecule has 0 N–H and O–H groups in total. The van der Waals surface area contributed by atoms with Gasteiger partial charge in [0.25, 0.3) is 0 Å². The second-order valence-electron chi connectivity index (χ2n) is 7.88. The highest BCUT2D eigenvalue weighted by Gasteiger charge is 2.28. The zero-order valence-electron chi connectivity index (χ0n) is 17.2. The van der Waals surface area contributed by atoms with Crippen molar-refractivity contribution in [3.8, 4) is 17.1 Å². The van der Waals surface area contributed by atoms with Gasteiger partial charge >= 0.3 is 0 Å². The molecular formula is C23H26N4O3. The van der Waals surface area contributed by atoms with E-state index in [1.807, 2.05) is 10.7 Å². The fourth-order valence-electron chi connectivity index (χ4n) is 4.53. The van der Waals surface area contributed by atoms with Crippen molar-refractivity contribution in [3.63, 3.8) is 0 Å². The van der Waals surface area contributed by atoms with Gasteiger partial charge in [0.2, 0.25) is 5.88 Å². The molecule has 7 heteroatoms. The zero-order chi connectivity index (χ0) is 20.5. The molecule has 0 bridgehead atoms. The molecule has 1 aromatic carbocycles. The predicted octanol–water partition coefficient (Wildman–Crippen LogP) is 3.63. The van der Waals surface area contributed by atoms with E-state index in [-0.39, 0.29) is 11.8 Å². The molecule has 0 radical (unpaired) electrons. The van der Waals surface area contributed by atoms with Crippen molar-refractivity contribution >= 4 is 22.4 Å². The van der Waals surface area contributed by atoms with Gasteiger partial charge in [-0.05, 0) is 31.0 Å². The van der Waals surface area contributed by atoms with Crippen molar-refractivity contribution < 1.29 is 14.3 Å². The third-order valence-electron chi connectivity index (χ3n) is 6.11. The molecular weight excluding hydrogens is 380 g/mol. The number of morpholine rings is 1. The van der Waals surface area contributed by atoms with Crippen LogP contribution < -0.4 is 9.64 Å². The van der Waals surface area contributed by atoms with Crippen molar-refractivity contribution in [1.29, 1.82) is 0 Å². The molecule has 1 unspecified atom stereocenters. The van der Waals surface area contributed by atoms with Gasteiger partial charge in [0.05, 0.1) is 31.2 Å². The summed E-state index contributed by atoms with van der Waals surface area (Å²) in [6.45, 7) is 3.32. The molecule has 1 aliphatic carbocycles. The average Bonchev–Trinajstić information content (AvgIpc) is 3.20. The van der Waals surface area contributed by atoms with Crippen LogP contribution in [0.15, 0.2) is 36.5 Å². The highest BCUT2D eigenvalue weighted by molar-refractivity contribution is 5.98. The Morgan fingerprint density at radius 1 is 1.10 bits per heavy atom. The highest BCUT2D eigenvalue weighted by Crippen LogP contribution is 2.37. The fraction of sp³-hybridized carbons (Fsp3) is 0.435. The van der Waals surface area contributed by atoms with Crippen molar-refractivity contribution in [2.24, 2.45) is 0 Å². The Kier molecular flexibility index (Phi) is 5.12. The first-order valence-electron chi connectivity index (χ1n) is 10.6. The van der Waals surface area contributed by atoms with Crippen LogP contribution in [0.5, 0.6) is 5.88 Å². The summed E-state index contributed by atoms with van der Waals surface area (Å²) in [6.07, 6.45) is 5.18. The zero-order valence-corrected chi connectivity index (χ0v) is 17.2. The minimum absolute atomic E-state index is 0.213. The van der Waals surface area contributed by atoms with Crippen molar-refractivity contribution in [2.75, 3.05) is 38.3 Å². The van der Waals surface area contributed by atoms with E-state index < -0.39 is 0 Å². The lowest BCUT2D eigenvalue weighted by molar-refractivity contribution is -0.124. The molecule has 2 fully saturated rings. The number of benzene rings is 1. The van der Waals surface area contributed by atoms with Crippen LogP contribution in [0.4, 0.5) is 5.69 Å². The molecule has 3 aromatic rings. The maximum Gasteiger partial charge on any atom is 0.224 e. The highest BCUT2D eigenvalue weighted by atomic mass is 16.5. The van der Waals surface area contributed by atoms with Crippen LogP contribution >= 0.6 is 0 Å². The first-order valence-corrected chi connectivity index (χ1v) is 10.6. The Bertz CT molecular complexity index is 1050. The number of carbonyl (C=O) groups excluding carboxylic acids is 1. The number of pyridine rings is 1. The number of carbonyl (C=O) groups is 1. The van der Waals surface area contributed by atoms with Gasteiger partial charge in [-0.3, -0.25) is 9.48 Å². The fourth-order valence-corrected chi connectivity index (χ4v) is 4.53. The van der Waals surface area contributed by atoms with Gasteiger partial charge < -0.3 is 14.4 Å². The second kappa shape index (κ2) is 8.07. The Hall–Kier alpha value is -2.93. The number of methoxy groups -OCH3 is 1. The summed E-state index contributed by atoms with van der Waals surface area (Å²) in [5.74, 6) is 0.796. The van der Waals surface area contributed by atoms with Gasteiger partial charge in [-0.15, -0.1) is 0 Å². The third kappa shape index (κ3) is 3.33. The lowest BCUT2D eigenvalue weighted by Gasteiger charge is -2.28. The number of ketones is 1. The SMILES string of the molecule is COc1nccc2c1c(-c1ccc(N3CCOCC3)cc1)nn2C1CCCCC1=O. The van der Waals surface area contributed by atoms with E-state index in [4.69, 9.17) is 14.6 Å². The lowest BCUT2D eigenvalue weighted by Crippen LogP contribution is -2.36. The number of fused-ring (bicyclic) bond motifs is 1. The number of anilines is 1. The minimum Gasteiger partial charge on any atom is -0.480 e. The molecule has 30 heavy (non-hydrogen) atoms. The summed E-state index contributed by atoms with van der Waals surface area (Å²) in [5, 5.41) is 5.79. The van der Waals surface area contributed by atoms with E-state index in [1.54, 1.807) is 13.3 Å². The molecule has 1 saturated carbocycles. The number of hydrogen-bond acceptors (Lipinski definition) is 6. The van der Waals surface area contributed by atoms with E-state index in [2.05, 4.69) is 34.1 Å². The van der Waals surface area contributed by atoms with Crippen LogP contribution in [0.3, 0.4) is 0 Å². The largest absolute Gasteiger partial charge is 0.480 e. The smallest absolute Gasteiger partial charge is 0.224 e. The minimum atomic E-state index is -0.213. The van der Waals surface area contributed by atoms with Gasteiger partial charge in [-0.2, -0.15) is 5.10 Å². The molecule has 0 spiro atoms. The Morgan fingerprint density at radius 3 is 2.63 bits per heavy atom. The molecule has 1 aliphatic heterocycles. The first-order chi connectivity index (χ1) is 14.8. The van der Waals surface area contributed by atoms with Gasteiger partial charge in [0.1, 0.15) is 11.7 Å². The molecule has 2 aromatic heterocycles. The quantitative estimate of drug-likeness (QED) is 0.659. The normalized spacial score (nSPS) is 20.0. The van der Waals surface area contributed by atoms with Crippen LogP contribution in [-0.2, 0) is 9.53 Å². The van der Waals surface area contributed by atoms with Gasteiger partial charge in [0.15, 0.2) is 5.78 Å². The van der Waals surface area contributed by atoms with E-state index in [9.17, 15) is 4.79 Å². The van der Waals surface area contributed by atoms with Crippen LogP contribution in [-0.4, -0.2) is 54.0 Å². The first kappa shape index (κ1) is 19.1. The molecule has 7 nitrogen and oxygen atoms in total. The molecule has 1 atom stereocenters. The van der Waals surface area contributed by atoms with Gasteiger partial charge in [-0.25, -0.2) is 4.98 Å². The summed E-state index contributed by atoms with van der Waals surface area (Å²) in [6, 6.07) is 10.1. The summed E-state index contributed by atoms with van der Waals surface area (Å²) >= 11 is 0. The Labute approximate surface area is 175 Å². The maximum atomic E-state index is 12.6. The average molecular weight is 406 g/mol. The summed E-state index contributed by atoms with van der Waals surface area (Å²) in [7, 11) is 1.62. The van der Waals surface area contributed by atoms with E-state index in [0.29, 0.717) is 12.3 Å². The summed E-state index contributed by atoms with van der Waals surface area (Å²) in [4.78, 5) is 19.4. The van der Waals surface area contributed by atoms with E-state index >= 15 is 0 Å². The van der Waals surface area contributed by atoms with Gasteiger partial charge in [-0.1, -0.05) is 18.6 Å². The molecule has 0 amide bonds. The Morgan fingerprint density at radius 2 is 1.90 bits per heavy atom. The number of nitrogens with zero attached hydrogens (tertiary/aromatic N) is 4. The number of ether oxygens (including phenoxy) is 2. The number of aromatic nitrogens is 3. The van der Waals surface area contributed by atoms with Crippen molar-refractivity contribution in [2.45, 2.75) is 31.7 Å². The third-order valence-corrected chi connectivity index (χ3v) is 6.11. The Balaban J connectivity index is 1.59. The topological polar surface area (TPSA) is 69.5 Å². The molecule has 3 heterocycles. The predicted molar refractivity (Wildman–Crippen MR) is 115 cm³/mol. The maximum absolute atomic E-state index is 12.6. The van der Waals surface area contributed by atoms with E-state index in [0.717, 1.165) is 67.7 Å². The van der Waals surface area contributed by atoms with Crippen LogP contribution in [0.2, 0.25) is 0 Å². The number of rotatable bonds is 4. The lowest BCUT2D eigenvalue weighted by atomic mass is 9.94. The monoisotopic (exact) mass is 406 g/mol. The van der Waals surface area contributed by atoms with Crippen molar-refractivity contribution in [3.05, 3.63) is 36.5 Å². The second-order valence-corrected chi connectivity index (χ2v) is 7.88. The number of Topliss-reactive ketones (excluding diaryl/α,β-unsaturated/α-hetero) is 1. The molecule has 156 valence electrons. The van der Waals surface area contributed by atoms with Crippen molar-refractivity contribution in [1.82, 2.24) is 14.8 Å². The molecule has 1 saturated heterocycles. The summed E-state index contributed by atoms with van der Waals surface area (Å²) in [5.41, 5.74) is 3.87. The standard InChI is InChI=1S/C23H26N4O3/c1-29-23-21-19(10-11-24-23)27(18-4-2-3-5-20(18)28)25-22(21)16-6-8-17(9-7-16)26-12-14-30-15-13-26/h6-11,18H,2-5,12-15H2,1H3. The van der Waals surface area contributed by atoms with Gasteiger partial charge in [0, 0.05) is 37.0 Å². The summed E-state index contributed by atoms with van der Waals surface area (Å²) < 4.78 is 12.9. The van der Waals surface area contributed by atoms with Crippen LogP contribution in [0.25, 0.3) is 22.2 Å². The number of hydrogen-bond donors (Lipinski definition) is 0. The van der Waals surface area contributed by atoms with E-state index in [1.165, 1.54) is 5.69 Å². The van der Waals surface area contributed by atoms with Crippen LogP contribution in [0.1, 0.15) is 31.7 Å².